The second-order valence-corrected chi connectivity index (χ2v) is 4.89. The standard InChI is InChI=1S/C11H13BN2O/c1-15-11(6-10(7-11)2-3-10)9-13-4-8(12)5-14-9/h4-5H,2-3,6-7H2,1H3. The summed E-state index contributed by atoms with van der Waals surface area (Å²) in [4.78, 5) is 8.55. The van der Waals surface area contributed by atoms with Gasteiger partial charge in [-0.15, -0.1) is 0 Å². The third kappa shape index (κ3) is 1.31. The fourth-order valence-corrected chi connectivity index (χ4v) is 2.66. The zero-order valence-corrected chi connectivity index (χ0v) is 8.86. The Morgan fingerprint density at radius 2 is 1.87 bits per heavy atom. The van der Waals surface area contributed by atoms with Gasteiger partial charge in [0.1, 0.15) is 13.4 Å². The van der Waals surface area contributed by atoms with Gasteiger partial charge in [0.05, 0.1) is 0 Å². The van der Waals surface area contributed by atoms with Gasteiger partial charge in [0.25, 0.3) is 0 Å². The first-order valence-corrected chi connectivity index (χ1v) is 5.31. The molecule has 2 fully saturated rings. The Morgan fingerprint density at radius 1 is 1.27 bits per heavy atom. The number of hydrogen-bond acceptors (Lipinski definition) is 3. The quantitative estimate of drug-likeness (QED) is 0.658. The number of hydrogen-bond donors (Lipinski definition) is 0. The highest BCUT2D eigenvalue weighted by Gasteiger charge is 2.63. The van der Waals surface area contributed by atoms with Gasteiger partial charge in [0, 0.05) is 19.5 Å². The van der Waals surface area contributed by atoms with Crippen LogP contribution in [0.5, 0.6) is 0 Å². The summed E-state index contributed by atoms with van der Waals surface area (Å²) in [5.41, 5.74) is 0.941. The Labute approximate surface area is 90.7 Å². The van der Waals surface area contributed by atoms with Crippen molar-refractivity contribution < 1.29 is 4.74 Å². The van der Waals surface area contributed by atoms with Crippen LogP contribution in [0, 0.1) is 5.41 Å². The van der Waals surface area contributed by atoms with Gasteiger partial charge in [-0.05, 0) is 31.1 Å². The molecule has 1 aromatic rings. The Kier molecular flexibility index (Phi) is 1.75. The Morgan fingerprint density at radius 3 is 2.33 bits per heavy atom. The molecule has 2 radical (unpaired) electrons. The lowest BCUT2D eigenvalue weighted by Crippen LogP contribution is -2.45. The van der Waals surface area contributed by atoms with Crippen molar-refractivity contribution in [2.75, 3.05) is 7.11 Å². The van der Waals surface area contributed by atoms with E-state index >= 15 is 0 Å². The fourth-order valence-electron chi connectivity index (χ4n) is 2.66. The van der Waals surface area contributed by atoms with Gasteiger partial charge in [0.15, 0.2) is 5.82 Å². The minimum absolute atomic E-state index is 0.232. The average molecular weight is 200 g/mol. The first-order valence-electron chi connectivity index (χ1n) is 5.31. The van der Waals surface area contributed by atoms with Crippen molar-refractivity contribution in [2.24, 2.45) is 5.41 Å². The smallest absolute Gasteiger partial charge is 0.160 e. The van der Waals surface area contributed by atoms with Crippen molar-refractivity contribution in [2.45, 2.75) is 31.3 Å². The maximum Gasteiger partial charge on any atom is 0.160 e. The van der Waals surface area contributed by atoms with Crippen LogP contribution < -0.4 is 5.46 Å². The maximum atomic E-state index is 5.61. The third-order valence-corrected chi connectivity index (χ3v) is 3.75. The van der Waals surface area contributed by atoms with Gasteiger partial charge in [-0.25, -0.2) is 9.97 Å². The minimum atomic E-state index is -0.232. The van der Waals surface area contributed by atoms with Crippen LogP contribution >= 0.6 is 0 Å². The highest BCUT2D eigenvalue weighted by atomic mass is 16.5. The summed E-state index contributed by atoms with van der Waals surface area (Å²) >= 11 is 0. The monoisotopic (exact) mass is 200 g/mol. The molecule has 76 valence electrons. The summed E-state index contributed by atoms with van der Waals surface area (Å²) < 4.78 is 5.61. The first-order chi connectivity index (χ1) is 7.18. The van der Waals surface area contributed by atoms with Gasteiger partial charge >= 0.3 is 0 Å². The summed E-state index contributed by atoms with van der Waals surface area (Å²) in [7, 11) is 7.32. The second-order valence-electron chi connectivity index (χ2n) is 4.89. The van der Waals surface area contributed by atoms with Crippen LogP contribution in [-0.4, -0.2) is 24.9 Å². The van der Waals surface area contributed by atoms with Gasteiger partial charge < -0.3 is 4.74 Å². The number of methoxy groups -OCH3 is 1. The zero-order chi connectivity index (χ0) is 10.5. The molecule has 2 saturated carbocycles. The van der Waals surface area contributed by atoms with Crippen LogP contribution in [0.1, 0.15) is 31.5 Å². The highest BCUT2D eigenvalue weighted by Crippen LogP contribution is 2.68. The summed E-state index contributed by atoms with van der Waals surface area (Å²) in [6.45, 7) is 0. The van der Waals surface area contributed by atoms with Gasteiger partial charge in [-0.3, -0.25) is 0 Å². The topological polar surface area (TPSA) is 35.0 Å². The Bertz CT molecular complexity index is 378. The van der Waals surface area contributed by atoms with E-state index in [2.05, 4.69) is 9.97 Å². The largest absolute Gasteiger partial charge is 0.370 e. The molecule has 3 nitrogen and oxygen atoms in total. The van der Waals surface area contributed by atoms with E-state index in [0.29, 0.717) is 10.9 Å². The molecule has 0 unspecified atom stereocenters. The summed E-state index contributed by atoms with van der Waals surface area (Å²) in [6, 6.07) is 0. The van der Waals surface area contributed by atoms with Crippen molar-refractivity contribution in [1.82, 2.24) is 9.97 Å². The lowest BCUT2D eigenvalue weighted by atomic mass is 9.67. The van der Waals surface area contributed by atoms with E-state index in [1.54, 1.807) is 19.5 Å². The SMILES string of the molecule is [B]c1cnc(C2(OC)CC3(CC3)C2)nc1. The van der Waals surface area contributed by atoms with Crippen molar-refractivity contribution in [3.8, 4) is 0 Å². The average Bonchev–Trinajstić information content (AvgIpc) is 2.96. The number of aromatic nitrogens is 2. The van der Waals surface area contributed by atoms with Gasteiger partial charge in [-0.1, -0.05) is 5.46 Å². The maximum absolute atomic E-state index is 5.61. The molecule has 4 heteroatoms. The van der Waals surface area contributed by atoms with Crippen LogP contribution in [0.15, 0.2) is 12.4 Å². The molecule has 2 aliphatic rings. The van der Waals surface area contributed by atoms with Crippen molar-refractivity contribution in [1.29, 1.82) is 0 Å². The fraction of sp³-hybridized carbons (Fsp3) is 0.636. The van der Waals surface area contributed by atoms with E-state index in [0.717, 1.165) is 18.7 Å². The second kappa shape index (κ2) is 2.82. The van der Waals surface area contributed by atoms with Gasteiger partial charge in [0.2, 0.25) is 0 Å². The molecule has 1 heterocycles. The van der Waals surface area contributed by atoms with Crippen molar-refractivity contribution in [3.05, 3.63) is 18.2 Å². The molecule has 3 rings (SSSR count). The first kappa shape index (κ1) is 9.34. The molecular weight excluding hydrogens is 187 g/mol. The predicted molar refractivity (Wildman–Crippen MR) is 57.0 cm³/mol. The number of rotatable bonds is 2. The molecule has 15 heavy (non-hydrogen) atoms. The molecule has 1 spiro atoms. The Balaban J connectivity index is 1.88. The molecular formula is C11H13BN2O. The lowest BCUT2D eigenvalue weighted by molar-refractivity contribution is -0.128. The van der Waals surface area contributed by atoms with Crippen LogP contribution in [0.4, 0.5) is 0 Å². The minimum Gasteiger partial charge on any atom is -0.370 e. The molecule has 0 atom stereocenters. The lowest BCUT2D eigenvalue weighted by Gasteiger charge is -2.46. The van der Waals surface area contributed by atoms with Gasteiger partial charge in [-0.2, -0.15) is 0 Å². The molecule has 0 bridgehead atoms. The van der Waals surface area contributed by atoms with Crippen LogP contribution in [0.25, 0.3) is 0 Å². The highest BCUT2D eigenvalue weighted by molar-refractivity contribution is 6.31. The summed E-state index contributed by atoms with van der Waals surface area (Å²) in [5, 5.41) is 0. The molecule has 2 aliphatic carbocycles. The molecule has 1 aromatic heterocycles. The van der Waals surface area contributed by atoms with E-state index in [4.69, 9.17) is 12.6 Å². The zero-order valence-electron chi connectivity index (χ0n) is 8.86. The van der Waals surface area contributed by atoms with E-state index in [1.165, 1.54) is 12.8 Å². The predicted octanol–water partition coefficient (Wildman–Crippen LogP) is 0.686. The number of ether oxygens (including phenoxy) is 1. The normalized spacial score (nSPS) is 24.9. The van der Waals surface area contributed by atoms with Crippen molar-refractivity contribution in [3.63, 3.8) is 0 Å². The van der Waals surface area contributed by atoms with E-state index < -0.39 is 0 Å². The van der Waals surface area contributed by atoms with E-state index in [9.17, 15) is 0 Å². The summed E-state index contributed by atoms with van der Waals surface area (Å²) in [5.74, 6) is 0.789. The molecule has 0 aliphatic heterocycles. The third-order valence-electron chi connectivity index (χ3n) is 3.75. The van der Waals surface area contributed by atoms with Crippen LogP contribution in [0.2, 0.25) is 0 Å². The molecule has 0 saturated heterocycles. The Hall–Kier alpha value is -0.895. The van der Waals surface area contributed by atoms with Crippen LogP contribution in [-0.2, 0) is 10.3 Å². The number of nitrogens with zero attached hydrogens (tertiary/aromatic N) is 2. The molecule has 0 N–H and O–H groups in total. The van der Waals surface area contributed by atoms with E-state index in [-0.39, 0.29) is 5.60 Å². The van der Waals surface area contributed by atoms with Crippen LogP contribution in [0.3, 0.4) is 0 Å². The van der Waals surface area contributed by atoms with Crippen molar-refractivity contribution >= 4 is 13.3 Å². The molecule has 0 amide bonds. The van der Waals surface area contributed by atoms with E-state index in [1.807, 2.05) is 0 Å². The summed E-state index contributed by atoms with van der Waals surface area (Å²) in [6.07, 6.45) is 8.13. The molecule has 0 aromatic carbocycles.